The summed E-state index contributed by atoms with van der Waals surface area (Å²) in [6.45, 7) is 10.5. The summed E-state index contributed by atoms with van der Waals surface area (Å²) in [7, 11) is 1.90. The zero-order chi connectivity index (χ0) is 25.2. The molecule has 3 atom stereocenters. The number of fused-ring (bicyclic) bond motifs is 1. The maximum Gasteiger partial charge on any atom is 0.227 e. The van der Waals surface area contributed by atoms with Crippen LogP contribution in [0.1, 0.15) is 54.3 Å². The number of hydrogen-bond acceptors (Lipinski definition) is 6. The van der Waals surface area contributed by atoms with Crippen LogP contribution in [0.15, 0.2) is 42.7 Å². The average molecular weight is 488 g/mol. The van der Waals surface area contributed by atoms with E-state index >= 15 is 0 Å². The summed E-state index contributed by atoms with van der Waals surface area (Å²) in [6.07, 6.45) is 5.51. The van der Waals surface area contributed by atoms with E-state index in [2.05, 4.69) is 70.2 Å². The molecule has 0 bridgehead atoms. The lowest BCUT2D eigenvalue weighted by molar-refractivity contribution is -0.141. The Morgan fingerprint density at radius 1 is 1.25 bits per heavy atom. The molecule has 1 aromatic carbocycles. The van der Waals surface area contributed by atoms with Gasteiger partial charge in [0.1, 0.15) is 0 Å². The Bertz CT molecular complexity index is 1220. The van der Waals surface area contributed by atoms with Gasteiger partial charge in [-0.25, -0.2) is 9.97 Å². The second kappa shape index (κ2) is 10.4. The van der Waals surface area contributed by atoms with Crippen LogP contribution >= 0.6 is 0 Å². The molecule has 5 rings (SSSR count). The minimum Gasteiger partial charge on any atom is -0.348 e. The zero-order valence-electron chi connectivity index (χ0n) is 21.8. The Hall–Kier alpha value is -3.26. The number of rotatable bonds is 6. The Balaban J connectivity index is 1.34. The molecule has 0 spiro atoms. The topological polar surface area (TPSA) is 79.2 Å². The van der Waals surface area contributed by atoms with Gasteiger partial charge in [-0.3, -0.25) is 9.48 Å². The van der Waals surface area contributed by atoms with Gasteiger partial charge in [0.15, 0.2) is 0 Å². The number of aromatic nitrogens is 4. The number of hydrogen-bond donors (Lipinski definition) is 1. The highest BCUT2D eigenvalue weighted by Crippen LogP contribution is 2.36. The van der Waals surface area contributed by atoms with Crippen molar-refractivity contribution in [2.45, 2.75) is 58.7 Å². The number of benzene rings is 1. The first-order valence-electron chi connectivity index (χ1n) is 13.1. The fourth-order valence-corrected chi connectivity index (χ4v) is 5.66. The minimum atomic E-state index is -0.0119. The van der Waals surface area contributed by atoms with E-state index in [1.807, 2.05) is 25.5 Å². The molecule has 1 N–H and O–H groups in total. The van der Waals surface area contributed by atoms with Gasteiger partial charge in [0.05, 0.1) is 24.5 Å². The van der Waals surface area contributed by atoms with Gasteiger partial charge in [0.25, 0.3) is 0 Å². The van der Waals surface area contributed by atoms with E-state index in [0.717, 1.165) is 49.4 Å². The lowest BCUT2D eigenvalue weighted by Crippen LogP contribution is -2.50. The molecule has 1 saturated heterocycles. The lowest BCUT2D eigenvalue weighted by atomic mass is 9.79. The standard InChI is InChI=1S/C28H37N7O/c1-5-34-12-10-24(25(17-34)21-8-6-7-19(2)13-21)27(36)35-18-26-22(14-20(35)3)15-29-28(31-26)30-16-23-9-11-33(4)32-23/h6-9,11,13,15,20,24-25H,5,10,12,14,16-18H2,1-4H3,(H,29,30,31)/t20-,24+,25-/m1/s1. The number of carbonyl (C=O) groups excluding carboxylic acids is 1. The number of nitrogens with zero attached hydrogens (tertiary/aromatic N) is 6. The Morgan fingerprint density at radius 3 is 2.86 bits per heavy atom. The van der Waals surface area contributed by atoms with E-state index < -0.39 is 0 Å². The third kappa shape index (κ3) is 5.14. The van der Waals surface area contributed by atoms with Crippen LogP contribution in [-0.2, 0) is 31.4 Å². The SMILES string of the molecule is CCN1CC[C@H](C(=O)N2Cc3nc(NCc4ccn(C)n4)ncc3C[C@H]2C)[C@@H](c2cccc(C)c2)C1. The third-order valence-corrected chi connectivity index (χ3v) is 7.73. The van der Waals surface area contributed by atoms with Crippen molar-refractivity contribution < 1.29 is 4.79 Å². The van der Waals surface area contributed by atoms with E-state index in [0.29, 0.717) is 19.0 Å². The van der Waals surface area contributed by atoms with Crippen molar-refractivity contribution in [3.63, 3.8) is 0 Å². The summed E-state index contributed by atoms with van der Waals surface area (Å²) in [6, 6.07) is 10.8. The molecule has 0 radical (unpaired) electrons. The molecule has 2 aromatic heterocycles. The van der Waals surface area contributed by atoms with Crippen LogP contribution < -0.4 is 5.32 Å². The summed E-state index contributed by atoms with van der Waals surface area (Å²) in [5.41, 5.74) is 5.53. The fourth-order valence-electron chi connectivity index (χ4n) is 5.66. The Morgan fingerprint density at radius 2 is 2.11 bits per heavy atom. The Labute approximate surface area is 213 Å². The number of aryl methyl sites for hydroxylation is 2. The first-order valence-corrected chi connectivity index (χ1v) is 13.1. The number of piperidine rings is 1. The summed E-state index contributed by atoms with van der Waals surface area (Å²) >= 11 is 0. The van der Waals surface area contributed by atoms with Crippen LogP contribution in [0.25, 0.3) is 0 Å². The van der Waals surface area contributed by atoms with Gasteiger partial charge in [-0.05, 0) is 57.0 Å². The van der Waals surface area contributed by atoms with Crippen LogP contribution in [0.2, 0.25) is 0 Å². The number of anilines is 1. The van der Waals surface area contributed by atoms with Crippen LogP contribution in [0.5, 0.6) is 0 Å². The van der Waals surface area contributed by atoms with E-state index in [4.69, 9.17) is 4.98 Å². The highest BCUT2D eigenvalue weighted by molar-refractivity contribution is 5.81. The number of nitrogens with one attached hydrogen (secondary N) is 1. The van der Waals surface area contributed by atoms with Gasteiger partial charge in [-0.15, -0.1) is 0 Å². The number of carbonyl (C=O) groups is 1. The monoisotopic (exact) mass is 487 g/mol. The molecule has 190 valence electrons. The molecule has 0 saturated carbocycles. The molecule has 1 fully saturated rings. The molecular formula is C28H37N7O. The van der Waals surface area contributed by atoms with Crippen molar-refractivity contribution in [1.29, 1.82) is 0 Å². The number of likely N-dealkylation sites (tertiary alicyclic amines) is 1. The van der Waals surface area contributed by atoms with Crippen LogP contribution in [-0.4, -0.2) is 61.1 Å². The largest absolute Gasteiger partial charge is 0.348 e. The van der Waals surface area contributed by atoms with Gasteiger partial charge >= 0.3 is 0 Å². The first kappa shape index (κ1) is 24.4. The van der Waals surface area contributed by atoms with Gasteiger partial charge in [0, 0.05) is 43.9 Å². The highest BCUT2D eigenvalue weighted by atomic mass is 16.2. The van der Waals surface area contributed by atoms with Crippen molar-refractivity contribution in [3.05, 3.63) is 70.8 Å². The summed E-state index contributed by atoms with van der Waals surface area (Å²) in [5, 5.41) is 7.68. The molecule has 3 aromatic rings. The average Bonchev–Trinajstić information content (AvgIpc) is 3.31. The fraction of sp³-hybridized carbons (Fsp3) is 0.500. The smallest absolute Gasteiger partial charge is 0.227 e. The Kier molecular flexibility index (Phi) is 7.05. The number of amides is 1. The molecule has 1 amide bonds. The minimum absolute atomic E-state index is 0.0119. The molecular weight excluding hydrogens is 450 g/mol. The summed E-state index contributed by atoms with van der Waals surface area (Å²) in [5.74, 6) is 1.04. The van der Waals surface area contributed by atoms with E-state index in [-0.39, 0.29) is 23.8 Å². The summed E-state index contributed by atoms with van der Waals surface area (Å²) < 4.78 is 1.78. The molecule has 0 aliphatic carbocycles. The van der Waals surface area contributed by atoms with Crippen LogP contribution in [0, 0.1) is 12.8 Å². The number of likely N-dealkylation sites (N-methyl/N-ethyl adjacent to an activating group) is 1. The highest BCUT2D eigenvalue weighted by Gasteiger charge is 2.39. The molecule has 2 aliphatic rings. The predicted molar refractivity (Wildman–Crippen MR) is 140 cm³/mol. The normalized spacial score (nSPS) is 22.3. The lowest BCUT2D eigenvalue weighted by Gasteiger charge is -2.42. The van der Waals surface area contributed by atoms with Crippen LogP contribution in [0.3, 0.4) is 0 Å². The van der Waals surface area contributed by atoms with Crippen molar-refractivity contribution in [2.24, 2.45) is 13.0 Å². The second-order valence-electron chi connectivity index (χ2n) is 10.3. The van der Waals surface area contributed by atoms with Gasteiger partial charge in [-0.1, -0.05) is 36.8 Å². The first-order chi connectivity index (χ1) is 17.4. The molecule has 8 nitrogen and oxygen atoms in total. The molecule has 4 heterocycles. The van der Waals surface area contributed by atoms with Crippen molar-refractivity contribution in [1.82, 2.24) is 29.5 Å². The van der Waals surface area contributed by atoms with Crippen LogP contribution in [0.4, 0.5) is 5.95 Å². The maximum atomic E-state index is 14.1. The molecule has 8 heteroatoms. The zero-order valence-corrected chi connectivity index (χ0v) is 21.8. The van der Waals surface area contributed by atoms with Crippen molar-refractivity contribution in [3.8, 4) is 0 Å². The van der Waals surface area contributed by atoms with Gasteiger partial charge in [-0.2, -0.15) is 5.10 Å². The second-order valence-corrected chi connectivity index (χ2v) is 10.3. The third-order valence-electron chi connectivity index (χ3n) is 7.73. The van der Waals surface area contributed by atoms with Gasteiger partial charge in [0.2, 0.25) is 11.9 Å². The molecule has 36 heavy (non-hydrogen) atoms. The van der Waals surface area contributed by atoms with E-state index in [9.17, 15) is 4.79 Å². The van der Waals surface area contributed by atoms with Crippen molar-refractivity contribution in [2.75, 3.05) is 25.0 Å². The quantitative estimate of drug-likeness (QED) is 0.573. The van der Waals surface area contributed by atoms with E-state index in [1.54, 1.807) is 4.68 Å². The summed E-state index contributed by atoms with van der Waals surface area (Å²) in [4.78, 5) is 27.9. The maximum absolute atomic E-state index is 14.1. The van der Waals surface area contributed by atoms with Gasteiger partial charge < -0.3 is 15.1 Å². The van der Waals surface area contributed by atoms with E-state index in [1.165, 1.54) is 11.1 Å². The van der Waals surface area contributed by atoms with Crippen molar-refractivity contribution >= 4 is 11.9 Å². The molecule has 0 unspecified atom stereocenters. The predicted octanol–water partition coefficient (Wildman–Crippen LogP) is 3.53. The molecule has 2 aliphatic heterocycles.